The number of halogens is 1. The van der Waals surface area contributed by atoms with Gasteiger partial charge in [-0.3, -0.25) is 0 Å². The zero-order valence-corrected chi connectivity index (χ0v) is 20.3. The minimum absolute atomic E-state index is 0.0415. The number of esters is 1. The molecule has 3 rings (SSSR count). The summed E-state index contributed by atoms with van der Waals surface area (Å²) in [5.74, 6) is -0.684. The first-order chi connectivity index (χ1) is 16.1. The van der Waals surface area contributed by atoms with E-state index in [0.717, 1.165) is 29.5 Å². The first-order valence-electron chi connectivity index (χ1n) is 11.1. The molecule has 0 radical (unpaired) electrons. The molecular weight excluding hydrogens is 458 g/mol. The molecule has 1 aliphatic carbocycles. The van der Waals surface area contributed by atoms with Gasteiger partial charge in [0.15, 0.2) is 0 Å². The summed E-state index contributed by atoms with van der Waals surface area (Å²) in [5, 5.41) is 8.71. The molecule has 0 saturated heterocycles. The van der Waals surface area contributed by atoms with Gasteiger partial charge in [-0.2, -0.15) is 0 Å². The van der Waals surface area contributed by atoms with Crippen molar-refractivity contribution in [3.63, 3.8) is 0 Å². The predicted molar refractivity (Wildman–Crippen MR) is 128 cm³/mol. The van der Waals surface area contributed by atoms with Crippen molar-refractivity contribution in [1.82, 2.24) is 16.0 Å². The van der Waals surface area contributed by atoms with Gasteiger partial charge < -0.3 is 25.4 Å². The number of nitrogens with one attached hydrogen (secondary N) is 3. The van der Waals surface area contributed by atoms with Crippen molar-refractivity contribution in [3.05, 3.63) is 70.2 Å². The van der Waals surface area contributed by atoms with Gasteiger partial charge in [-0.1, -0.05) is 48.0 Å². The second kappa shape index (κ2) is 11.2. The number of rotatable bonds is 7. The highest BCUT2D eigenvalue weighted by molar-refractivity contribution is 6.30. The number of urea groups is 1. The van der Waals surface area contributed by atoms with Crippen LogP contribution in [0.5, 0.6) is 0 Å². The molecule has 182 valence electrons. The molecule has 0 bridgehead atoms. The average molecular weight is 488 g/mol. The second-order valence-corrected chi connectivity index (χ2v) is 9.52. The molecule has 9 heteroatoms. The molecule has 0 fully saturated rings. The van der Waals surface area contributed by atoms with E-state index in [2.05, 4.69) is 16.0 Å². The molecule has 2 aromatic rings. The summed E-state index contributed by atoms with van der Waals surface area (Å²) in [6, 6.07) is 13.0. The van der Waals surface area contributed by atoms with E-state index in [-0.39, 0.29) is 19.2 Å². The third-order valence-electron chi connectivity index (χ3n) is 5.15. The highest BCUT2D eigenvalue weighted by atomic mass is 35.5. The first-order valence-corrected chi connectivity index (χ1v) is 11.5. The lowest BCUT2D eigenvalue weighted by Crippen LogP contribution is -2.52. The van der Waals surface area contributed by atoms with Crippen molar-refractivity contribution >= 4 is 29.7 Å². The van der Waals surface area contributed by atoms with Crippen LogP contribution >= 0.6 is 11.6 Å². The molecule has 0 aliphatic heterocycles. The Kier molecular flexibility index (Phi) is 8.39. The van der Waals surface area contributed by atoms with Crippen LogP contribution in [0.25, 0.3) is 0 Å². The first kappa shape index (κ1) is 25.4. The van der Waals surface area contributed by atoms with Crippen molar-refractivity contribution in [2.75, 3.05) is 6.54 Å². The molecule has 3 amide bonds. The number of benzene rings is 2. The summed E-state index contributed by atoms with van der Waals surface area (Å²) in [7, 11) is 0. The number of alkyl carbamates (subject to hydrolysis) is 1. The SMILES string of the molecule is CC(C)(C)OC(=O)N[C@@H](CNC(=O)N[C@@H]1CCc2cc(Cl)ccc21)C(=O)OCc1ccccc1. The predicted octanol–water partition coefficient (Wildman–Crippen LogP) is 4.26. The molecule has 0 saturated carbocycles. The van der Waals surface area contributed by atoms with Crippen LogP contribution in [-0.4, -0.2) is 36.3 Å². The minimum atomic E-state index is -1.13. The summed E-state index contributed by atoms with van der Waals surface area (Å²) in [4.78, 5) is 37.5. The Morgan fingerprint density at radius 2 is 1.85 bits per heavy atom. The third kappa shape index (κ3) is 7.66. The monoisotopic (exact) mass is 487 g/mol. The Morgan fingerprint density at radius 3 is 2.56 bits per heavy atom. The summed E-state index contributed by atoms with van der Waals surface area (Å²) in [6.07, 6.45) is 0.787. The van der Waals surface area contributed by atoms with Gasteiger partial charge in [0.2, 0.25) is 0 Å². The Morgan fingerprint density at radius 1 is 1.12 bits per heavy atom. The number of carbonyl (C=O) groups excluding carboxylic acids is 3. The maximum atomic E-state index is 12.7. The number of aryl methyl sites for hydroxylation is 1. The van der Waals surface area contributed by atoms with E-state index in [1.165, 1.54) is 0 Å². The van der Waals surface area contributed by atoms with Gasteiger partial charge in [-0.25, -0.2) is 14.4 Å². The standard InChI is InChI=1S/C25H30ClN3O5/c1-25(2,3)34-24(32)29-21(22(30)33-15-16-7-5-4-6-8-16)14-27-23(31)28-20-12-9-17-13-18(26)10-11-19(17)20/h4-8,10-11,13,20-21H,9,12,14-15H2,1-3H3,(H,29,32)(H2,27,28,31)/t20-,21+/m1/s1. The van der Waals surface area contributed by atoms with E-state index in [1.54, 1.807) is 26.8 Å². The fourth-order valence-electron chi connectivity index (χ4n) is 3.61. The molecule has 0 spiro atoms. The molecule has 3 N–H and O–H groups in total. The average Bonchev–Trinajstić information content (AvgIpc) is 3.15. The normalized spacial score (nSPS) is 15.6. The van der Waals surface area contributed by atoms with Crippen molar-refractivity contribution in [1.29, 1.82) is 0 Å². The molecule has 34 heavy (non-hydrogen) atoms. The van der Waals surface area contributed by atoms with E-state index < -0.39 is 29.7 Å². The lowest BCUT2D eigenvalue weighted by molar-refractivity contribution is -0.147. The summed E-state index contributed by atoms with van der Waals surface area (Å²) < 4.78 is 10.6. The van der Waals surface area contributed by atoms with Gasteiger partial charge >= 0.3 is 18.1 Å². The zero-order valence-electron chi connectivity index (χ0n) is 19.5. The summed E-state index contributed by atoms with van der Waals surface area (Å²) >= 11 is 6.05. The maximum Gasteiger partial charge on any atom is 0.408 e. The number of fused-ring (bicyclic) bond motifs is 1. The van der Waals surface area contributed by atoms with Crippen molar-refractivity contribution in [2.45, 2.75) is 57.9 Å². The molecule has 0 heterocycles. The lowest BCUT2D eigenvalue weighted by Gasteiger charge is -2.23. The van der Waals surface area contributed by atoms with Gasteiger partial charge in [0, 0.05) is 5.02 Å². The molecule has 0 aromatic heterocycles. The lowest BCUT2D eigenvalue weighted by atomic mass is 10.1. The number of ether oxygens (including phenoxy) is 2. The zero-order chi connectivity index (χ0) is 24.7. The van der Waals surface area contributed by atoms with E-state index in [4.69, 9.17) is 21.1 Å². The Bertz CT molecular complexity index is 1020. The van der Waals surface area contributed by atoms with Gasteiger partial charge in [0.25, 0.3) is 0 Å². The Labute approximate surface area is 204 Å². The van der Waals surface area contributed by atoms with Gasteiger partial charge in [-0.15, -0.1) is 0 Å². The van der Waals surface area contributed by atoms with Crippen LogP contribution in [0.4, 0.5) is 9.59 Å². The van der Waals surface area contributed by atoms with Crippen LogP contribution in [0, 0.1) is 0 Å². The van der Waals surface area contributed by atoms with Gasteiger partial charge in [0.05, 0.1) is 12.6 Å². The van der Waals surface area contributed by atoms with Crippen LogP contribution in [0.2, 0.25) is 5.02 Å². The highest BCUT2D eigenvalue weighted by Crippen LogP contribution is 2.32. The van der Waals surface area contributed by atoms with Crippen LogP contribution in [0.1, 0.15) is 49.9 Å². The molecule has 1 aliphatic rings. The number of hydrogen-bond donors (Lipinski definition) is 3. The third-order valence-corrected chi connectivity index (χ3v) is 5.39. The molecular formula is C25H30ClN3O5. The Hall–Kier alpha value is -3.26. The summed E-state index contributed by atoms with van der Waals surface area (Å²) in [5.41, 5.74) is 2.18. The quantitative estimate of drug-likeness (QED) is 0.506. The minimum Gasteiger partial charge on any atom is -0.459 e. The van der Waals surface area contributed by atoms with Gasteiger partial charge in [-0.05, 0) is 62.4 Å². The Balaban J connectivity index is 1.58. The fraction of sp³-hybridized carbons (Fsp3) is 0.400. The smallest absolute Gasteiger partial charge is 0.408 e. The number of hydrogen-bond acceptors (Lipinski definition) is 5. The van der Waals surface area contributed by atoms with Crippen LogP contribution < -0.4 is 16.0 Å². The van der Waals surface area contributed by atoms with Crippen molar-refractivity contribution in [2.24, 2.45) is 0 Å². The summed E-state index contributed by atoms with van der Waals surface area (Å²) in [6.45, 7) is 5.02. The molecule has 8 nitrogen and oxygen atoms in total. The van der Waals surface area contributed by atoms with E-state index in [9.17, 15) is 14.4 Å². The number of carbonyl (C=O) groups is 3. The van der Waals surface area contributed by atoms with Gasteiger partial charge in [0.1, 0.15) is 18.2 Å². The van der Waals surface area contributed by atoms with Crippen LogP contribution in [0.15, 0.2) is 48.5 Å². The number of amides is 3. The van der Waals surface area contributed by atoms with E-state index in [1.807, 2.05) is 42.5 Å². The highest BCUT2D eigenvalue weighted by Gasteiger charge is 2.28. The van der Waals surface area contributed by atoms with E-state index >= 15 is 0 Å². The van der Waals surface area contributed by atoms with E-state index in [0.29, 0.717) is 5.02 Å². The second-order valence-electron chi connectivity index (χ2n) is 9.08. The van der Waals surface area contributed by atoms with Crippen molar-refractivity contribution < 1.29 is 23.9 Å². The van der Waals surface area contributed by atoms with Crippen LogP contribution in [0.3, 0.4) is 0 Å². The van der Waals surface area contributed by atoms with Crippen LogP contribution in [-0.2, 0) is 27.3 Å². The molecule has 0 unspecified atom stereocenters. The topological polar surface area (TPSA) is 106 Å². The molecule has 2 atom stereocenters. The fourth-order valence-corrected chi connectivity index (χ4v) is 3.81. The maximum absolute atomic E-state index is 12.7. The molecule has 2 aromatic carbocycles. The largest absolute Gasteiger partial charge is 0.459 e. The van der Waals surface area contributed by atoms with Crippen molar-refractivity contribution in [3.8, 4) is 0 Å².